The monoisotopic (exact) mass is 564 g/mol. The van der Waals surface area contributed by atoms with Crippen LogP contribution >= 0.6 is 23.5 Å². The molecule has 2 rings (SSSR count). The number of aromatic hydroxyl groups is 1. The van der Waals surface area contributed by atoms with Crippen LogP contribution in [0.2, 0.25) is 0 Å². The highest BCUT2D eigenvalue weighted by Crippen LogP contribution is 2.31. The molecule has 0 spiro atoms. The first-order valence-electron chi connectivity index (χ1n) is 11.6. The fourth-order valence-electron chi connectivity index (χ4n) is 3.33. The van der Waals surface area contributed by atoms with Crippen LogP contribution in [0.15, 0.2) is 60.2 Å². The lowest BCUT2D eigenvalue weighted by atomic mass is 10.0. The Labute approximate surface area is 229 Å². The molecule has 11 heteroatoms. The van der Waals surface area contributed by atoms with Crippen molar-refractivity contribution in [3.05, 3.63) is 77.4 Å². The number of hydrogen-bond acceptors (Lipinski definition) is 7. The normalized spacial score (nSPS) is 12.2. The van der Waals surface area contributed by atoms with Crippen LogP contribution in [-0.2, 0) is 14.3 Å². The lowest BCUT2D eigenvalue weighted by Gasteiger charge is -2.23. The second kappa shape index (κ2) is 14.6. The van der Waals surface area contributed by atoms with Crippen LogP contribution in [0.25, 0.3) is 11.1 Å². The number of rotatable bonds is 13. The zero-order chi connectivity index (χ0) is 28.4. The number of phenolic OH excluding ortho intramolecular Hbond substituents is 1. The van der Waals surface area contributed by atoms with E-state index in [0.717, 1.165) is 23.9 Å². The number of nitrogens with one attached hydrogen (secondary N) is 2. The second-order valence-corrected chi connectivity index (χ2v) is 10.3. The third-order valence-corrected chi connectivity index (χ3v) is 7.27. The fraction of sp³-hybridized carbons (Fsp3) is 0.296. The van der Waals surface area contributed by atoms with Gasteiger partial charge in [-0.05, 0) is 36.8 Å². The van der Waals surface area contributed by atoms with Gasteiger partial charge in [-0.1, -0.05) is 31.0 Å². The van der Waals surface area contributed by atoms with Crippen molar-refractivity contribution in [2.24, 2.45) is 0 Å². The maximum Gasteiger partial charge on any atom is 0.223 e. The third kappa shape index (κ3) is 9.21. The van der Waals surface area contributed by atoms with Gasteiger partial charge >= 0.3 is 0 Å². The molecule has 3 N–H and O–H groups in total. The van der Waals surface area contributed by atoms with Crippen molar-refractivity contribution in [3.63, 3.8) is 0 Å². The maximum absolute atomic E-state index is 14.2. The molecule has 0 aliphatic rings. The molecule has 204 valence electrons. The smallest absolute Gasteiger partial charge is 0.223 e. The van der Waals surface area contributed by atoms with Gasteiger partial charge in [0, 0.05) is 41.9 Å². The van der Waals surface area contributed by atoms with Crippen LogP contribution in [0.5, 0.6) is 5.75 Å². The zero-order valence-electron chi connectivity index (χ0n) is 21.3. The zero-order valence-corrected chi connectivity index (χ0v) is 22.9. The van der Waals surface area contributed by atoms with E-state index in [9.17, 15) is 28.3 Å². The van der Waals surface area contributed by atoms with Gasteiger partial charge in [0.2, 0.25) is 16.9 Å². The standard InChI is InChI=1S/C27H30F2N2O5S2/c1-6-36-15(2)24(30-17(4)32)13-37-16(3)25(31-18(5)33)14-38-27(35)22-11-19(7-10-26(22)34)21-9-8-20(28)12-23(21)29/h7-12,24-25,34H,2-3,6,13-14H2,1,4-5H3,(H,30,32)(H,31,33)/t24-,25-/m1/s1. The summed E-state index contributed by atoms with van der Waals surface area (Å²) in [5.41, 5.74) is 0.310. The van der Waals surface area contributed by atoms with Crippen molar-refractivity contribution < 1.29 is 33.0 Å². The second-order valence-electron chi connectivity index (χ2n) is 8.14. The van der Waals surface area contributed by atoms with Gasteiger partial charge in [-0.3, -0.25) is 14.4 Å². The first-order chi connectivity index (χ1) is 17.9. The van der Waals surface area contributed by atoms with E-state index < -0.39 is 28.8 Å². The molecule has 0 unspecified atom stereocenters. The quantitative estimate of drug-likeness (QED) is 0.294. The first kappa shape index (κ1) is 30.9. The molecule has 38 heavy (non-hydrogen) atoms. The number of halogens is 2. The van der Waals surface area contributed by atoms with Crippen molar-refractivity contribution in [2.75, 3.05) is 18.1 Å². The van der Waals surface area contributed by atoms with E-state index in [1.807, 2.05) is 0 Å². The summed E-state index contributed by atoms with van der Waals surface area (Å²) in [6, 6.07) is 5.99. The summed E-state index contributed by atoms with van der Waals surface area (Å²) in [5.74, 6) is -1.62. The number of carbonyl (C=O) groups excluding carboxylic acids is 3. The Morgan fingerprint density at radius 3 is 2.21 bits per heavy atom. The fourth-order valence-corrected chi connectivity index (χ4v) is 5.35. The number of carbonyl (C=O) groups is 3. The van der Waals surface area contributed by atoms with Crippen LogP contribution in [0.3, 0.4) is 0 Å². The molecule has 0 aliphatic heterocycles. The van der Waals surface area contributed by atoms with Crippen molar-refractivity contribution in [1.29, 1.82) is 0 Å². The minimum atomic E-state index is -0.801. The minimum Gasteiger partial charge on any atom is -0.507 e. The van der Waals surface area contributed by atoms with Crippen LogP contribution in [0.1, 0.15) is 31.1 Å². The minimum absolute atomic E-state index is 0.0604. The highest BCUT2D eigenvalue weighted by molar-refractivity contribution is 8.14. The summed E-state index contributed by atoms with van der Waals surface area (Å²) in [6.45, 7) is 12.8. The van der Waals surface area contributed by atoms with E-state index in [2.05, 4.69) is 23.8 Å². The summed E-state index contributed by atoms with van der Waals surface area (Å²) >= 11 is 2.11. The van der Waals surface area contributed by atoms with Gasteiger partial charge in [0.25, 0.3) is 0 Å². The van der Waals surface area contributed by atoms with E-state index in [4.69, 9.17) is 4.74 Å². The Balaban J connectivity index is 2.14. The van der Waals surface area contributed by atoms with Crippen molar-refractivity contribution in [3.8, 4) is 16.9 Å². The summed E-state index contributed by atoms with van der Waals surface area (Å²) in [4.78, 5) is 36.9. The van der Waals surface area contributed by atoms with Gasteiger partial charge in [0.1, 0.15) is 23.1 Å². The predicted molar refractivity (Wildman–Crippen MR) is 148 cm³/mol. The highest BCUT2D eigenvalue weighted by atomic mass is 32.2. The molecule has 0 radical (unpaired) electrons. The maximum atomic E-state index is 14.2. The Hall–Kier alpha value is -3.31. The molecule has 2 amide bonds. The molecule has 0 fully saturated rings. The SMILES string of the molecule is C=C(OCC)[C@@H](CSC(=C)[C@@H](CSC(=O)c1cc(-c2ccc(F)cc2F)ccc1O)NC(C)=O)NC(C)=O. The number of hydrogen-bond donors (Lipinski definition) is 3. The molecule has 0 saturated heterocycles. The Kier molecular flexibility index (Phi) is 11.9. The summed E-state index contributed by atoms with van der Waals surface area (Å²) in [7, 11) is 0. The molecule has 0 bridgehead atoms. The highest BCUT2D eigenvalue weighted by Gasteiger charge is 2.22. The van der Waals surface area contributed by atoms with Gasteiger partial charge in [-0.15, -0.1) is 11.8 Å². The number of phenols is 1. The average molecular weight is 565 g/mol. The molecular formula is C27H30F2N2O5S2. The summed E-state index contributed by atoms with van der Waals surface area (Å²) in [6.07, 6.45) is 0. The van der Waals surface area contributed by atoms with Gasteiger partial charge in [0.05, 0.1) is 24.3 Å². The van der Waals surface area contributed by atoms with E-state index in [1.165, 1.54) is 49.9 Å². The van der Waals surface area contributed by atoms with Crippen LogP contribution in [0, 0.1) is 11.6 Å². The molecule has 7 nitrogen and oxygen atoms in total. The molecule has 0 heterocycles. The number of ether oxygens (including phenoxy) is 1. The molecule has 2 aromatic carbocycles. The predicted octanol–water partition coefficient (Wildman–Crippen LogP) is 5.02. The van der Waals surface area contributed by atoms with Crippen molar-refractivity contribution in [1.82, 2.24) is 10.6 Å². The Morgan fingerprint density at radius 1 is 0.974 bits per heavy atom. The van der Waals surface area contributed by atoms with Crippen LogP contribution in [0.4, 0.5) is 8.78 Å². The third-order valence-electron chi connectivity index (χ3n) is 5.14. The number of thioether (sulfide) groups is 2. The molecular weight excluding hydrogens is 534 g/mol. The first-order valence-corrected chi connectivity index (χ1v) is 13.5. The lowest BCUT2D eigenvalue weighted by molar-refractivity contribution is -0.120. The molecule has 0 aromatic heterocycles. The topological polar surface area (TPSA) is 105 Å². The Morgan fingerprint density at radius 2 is 1.61 bits per heavy atom. The van der Waals surface area contributed by atoms with Gasteiger partial charge in [-0.25, -0.2) is 8.78 Å². The largest absolute Gasteiger partial charge is 0.507 e. The average Bonchev–Trinajstić information content (AvgIpc) is 2.84. The summed E-state index contributed by atoms with van der Waals surface area (Å²) < 4.78 is 33.0. The van der Waals surface area contributed by atoms with Crippen LogP contribution < -0.4 is 10.6 Å². The van der Waals surface area contributed by atoms with Crippen molar-refractivity contribution in [2.45, 2.75) is 32.9 Å². The lowest BCUT2D eigenvalue weighted by Crippen LogP contribution is -2.39. The number of amides is 2. The summed E-state index contributed by atoms with van der Waals surface area (Å²) in [5, 5.41) is 15.3. The van der Waals surface area contributed by atoms with Crippen LogP contribution in [-0.4, -0.2) is 52.2 Å². The number of benzene rings is 2. The van der Waals surface area contributed by atoms with Gasteiger partial charge in [0.15, 0.2) is 0 Å². The van der Waals surface area contributed by atoms with Gasteiger partial charge < -0.3 is 20.5 Å². The van der Waals surface area contributed by atoms with Gasteiger partial charge in [-0.2, -0.15) is 0 Å². The van der Waals surface area contributed by atoms with E-state index in [1.54, 1.807) is 6.92 Å². The van der Waals surface area contributed by atoms with Crippen molar-refractivity contribution >= 4 is 40.5 Å². The molecule has 0 aliphatic carbocycles. The molecule has 2 atom stereocenters. The molecule has 0 saturated carbocycles. The van der Waals surface area contributed by atoms with E-state index in [0.29, 0.717) is 28.6 Å². The van der Waals surface area contributed by atoms with E-state index in [-0.39, 0.29) is 34.4 Å². The Bertz CT molecular complexity index is 1220. The van der Waals surface area contributed by atoms with E-state index >= 15 is 0 Å². The molecule has 2 aromatic rings.